The monoisotopic (exact) mass is 430 g/mol. The van der Waals surface area contributed by atoms with Gasteiger partial charge in [-0.15, -0.1) is 11.3 Å². The summed E-state index contributed by atoms with van der Waals surface area (Å²) in [7, 11) is -3.17. The van der Waals surface area contributed by atoms with Gasteiger partial charge in [-0.05, 0) is 33.6 Å². The molecule has 0 saturated carbocycles. The largest absolute Gasteiger partial charge is 0.373 e. The molecule has 3 heterocycles. The van der Waals surface area contributed by atoms with Crippen molar-refractivity contribution in [1.29, 1.82) is 0 Å². The molecule has 2 fully saturated rings. The Balaban J connectivity index is 1.49. The van der Waals surface area contributed by atoms with Gasteiger partial charge in [0, 0.05) is 44.0 Å². The zero-order valence-electron chi connectivity index (χ0n) is 16.8. The number of carbonyl (C=O) groups excluding carboxylic acids is 1. The van der Waals surface area contributed by atoms with E-state index >= 15 is 0 Å². The molecular formula is C18H30N4O4S2. The van der Waals surface area contributed by atoms with Crippen LogP contribution in [-0.4, -0.2) is 72.7 Å². The molecular weight excluding hydrogens is 400 g/mol. The van der Waals surface area contributed by atoms with Crippen molar-refractivity contribution in [2.24, 2.45) is 5.92 Å². The third-order valence-corrected chi connectivity index (χ3v) is 7.93. The van der Waals surface area contributed by atoms with Gasteiger partial charge in [-0.2, -0.15) is 0 Å². The summed E-state index contributed by atoms with van der Waals surface area (Å²) in [5, 5.41) is 5.50. The third-order valence-electron chi connectivity index (χ3n) is 5.25. The number of carbonyl (C=O) groups is 1. The van der Waals surface area contributed by atoms with E-state index in [2.05, 4.69) is 29.0 Å². The van der Waals surface area contributed by atoms with E-state index in [-0.39, 0.29) is 29.8 Å². The number of sulfonamides is 1. The molecule has 2 aliphatic heterocycles. The highest BCUT2D eigenvalue weighted by Gasteiger charge is 2.30. The van der Waals surface area contributed by atoms with E-state index in [1.165, 1.54) is 15.6 Å². The van der Waals surface area contributed by atoms with Crippen molar-refractivity contribution in [3.05, 3.63) is 11.1 Å². The molecule has 2 unspecified atom stereocenters. The van der Waals surface area contributed by atoms with E-state index in [1.54, 1.807) is 6.92 Å². The number of thiazole rings is 1. The van der Waals surface area contributed by atoms with Crippen LogP contribution in [-0.2, 0) is 26.1 Å². The number of amides is 1. The summed E-state index contributed by atoms with van der Waals surface area (Å²) >= 11 is 1.43. The number of morpholine rings is 1. The first-order valence-electron chi connectivity index (χ1n) is 9.87. The fourth-order valence-electron chi connectivity index (χ4n) is 3.87. The molecule has 0 bridgehead atoms. The van der Waals surface area contributed by atoms with Gasteiger partial charge in [-0.3, -0.25) is 9.69 Å². The second-order valence-corrected chi connectivity index (χ2v) is 10.8. The summed E-state index contributed by atoms with van der Waals surface area (Å²) in [4.78, 5) is 19.4. The van der Waals surface area contributed by atoms with E-state index in [9.17, 15) is 13.2 Å². The second kappa shape index (κ2) is 9.17. The minimum atomic E-state index is -3.17. The normalized spacial score (nSPS) is 25.7. The minimum Gasteiger partial charge on any atom is -0.373 e. The molecule has 1 aromatic heterocycles. The lowest BCUT2D eigenvalue weighted by Gasteiger charge is -2.34. The first kappa shape index (κ1) is 21.6. The number of hydrogen-bond donors (Lipinski definition) is 1. The maximum atomic E-state index is 12.5. The number of nitrogens with zero attached hydrogens (tertiary/aromatic N) is 3. The van der Waals surface area contributed by atoms with Gasteiger partial charge in [0.2, 0.25) is 15.9 Å². The molecule has 3 rings (SSSR count). The van der Waals surface area contributed by atoms with Gasteiger partial charge in [0.25, 0.3) is 0 Å². The molecule has 8 nitrogen and oxygen atoms in total. The lowest BCUT2D eigenvalue weighted by molar-refractivity contribution is -0.120. The van der Waals surface area contributed by atoms with E-state index in [0.717, 1.165) is 25.3 Å². The highest BCUT2D eigenvalue weighted by Crippen LogP contribution is 2.24. The zero-order valence-corrected chi connectivity index (χ0v) is 18.4. The van der Waals surface area contributed by atoms with Crippen molar-refractivity contribution < 1.29 is 17.9 Å². The third kappa shape index (κ3) is 5.50. The Kier molecular flexibility index (Phi) is 7.08. The van der Waals surface area contributed by atoms with Gasteiger partial charge >= 0.3 is 0 Å². The predicted octanol–water partition coefficient (Wildman–Crippen LogP) is 1.75. The molecule has 1 aromatic rings. The van der Waals surface area contributed by atoms with E-state index < -0.39 is 10.0 Å². The Morgan fingerprint density at radius 1 is 1.29 bits per heavy atom. The Morgan fingerprint density at radius 3 is 2.54 bits per heavy atom. The van der Waals surface area contributed by atoms with Crippen molar-refractivity contribution in [3.8, 4) is 0 Å². The smallest absolute Gasteiger partial charge is 0.229 e. The number of aromatic nitrogens is 1. The molecule has 0 aromatic carbocycles. The number of anilines is 1. The van der Waals surface area contributed by atoms with Crippen LogP contribution in [0.1, 0.15) is 39.3 Å². The van der Waals surface area contributed by atoms with E-state index in [4.69, 9.17) is 4.74 Å². The quantitative estimate of drug-likeness (QED) is 0.739. The van der Waals surface area contributed by atoms with Crippen LogP contribution >= 0.6 is 11.3 Å². The second-order valence-electron chi connectivity index (χ2n) is 7.66. The molecule has 2 atom stereocenters. The highest BCUT2D eigenvalue weighted by atomic mass is 32.2. The predicted molar refractivity (Wildman–Crippen MR) is 110 cm³/mol. The molecule has 0 spiro atoms. The van der Waals surface area contributed by atoms with Gasteiger partial charge in [0.05, 0.1) is 23.7 Å². The highest BCUT2D eigenvalue weighted by molar-refractivity contribution is 7.89. The van der Waals surface area contributed by atoms with Crippen molar-refractivity contribution in [1.82, 2.24) is 14.2 Å². The Hall–Kier alpha value is -1.07. The van der Waals surface area contributed by atoms with E-state index in [1.807, 2.05) is 5.38 Å². The van der Waals surface area contributed by atoms with Crippen LogP contribution < -0.4 is 5.32 Å². The van der Waals surface area contributed by atoms with Crippen LogP contribution in [0.4, 0.5) is 5.13 Å². The van der Waals surface area contributed by atoms with Crippen molar-refractivity contribution in [2.45, 2.75) is 52.4 Å². The van der Waals surface area contributed by atoms with Gasteiger partial charge in [-0.25, -0.2) is 17.7 Å². The molecule has 158 valence electrons. The Labute approximate surface area is 171 Å². The maximum Gasteiger partial charge on any atom is 0.229 e. The zero-order chi connectivity index (χ0) is 20.3. The van der Waals surface area contributed by atoms with Crippen molar-refractivity contribution in [2.75, 3.05) is 37.2 Å². The maximum absolute atomic E-state index is 12.5. The SMILES string of the molecule is CCS(=O)(=O)N1CCC(C(=O)Nc2nc(CN3CC(C)OC(C)C3)cs2)CC1. The summed E-state index contributed by atoms with van der Waals surface area (Å²) in [5.74, 6) is -0.133. The van der Waals surface area contributed by atoms with E-state index in [0.29, 0.717) is 31.1 Å². The summed E-state index contributed by atoms with van der Waals surface area (Å²) in [6, 6.07) is 0. The lowest BCUT2D eigenvalue weighted by atomic mass is 9.97. The van der Waals surface area contributed by atoms with Gasteiger partial charge < -0.3 is 10.1 Å². The number of ether oxygens (including phenoxy) is 1. The topological polar surface area (TPSA) is 91.8 Å². The van der Waals surface area contributed by atoms with Gasteiger partial charge in [0.15, 0.2) is 5.13 Å². The fourth-order valence-corrected chi connectivity index (χ4v) is 5.70. The lowest BCUT2D eigenvalue weighted by Crippen LogP contribution is -2.44. The van der Waals surface area contributed by atoms with Crippen LogP contribution in [0.5, 0.6) is 0 Å². The summed E-state index contributed by atoms with van der Waals surface area (Å²) < 4.78 is 31.1. The summed E-state index contributed by atoms with van der Waals surface area (Å²) in [5.41, 5.74) is 0.949. The molecule has 1 amide bonds. The molecule has 10 heteroatoms. The summed E-state index contributed by atoms with van der Waals surface area (Å²) in [6.45, 7) is 9.12. The molecule has 0 radical (unpaired) electrons. The number of nitrogens with one attached hydrogen (secondary N) is 1. The Bertz CT molecular complexity index is 764. The average molecular weight is 431 g/mol. The Morgan fingerprint density at radius 2 is 1.93 bits per heavy atom. The van der Waals surface area contributed by atoms with Crippen LogP contribution in [0.15, 0.2) is 5.38 Å². The average Bonchev–Trinajstić information content (AvgIpc) is 3.07. The van der Waals surface area contributed by atoms with Crippen molar-refractivity contribution in [3.63, 3.8) is 0 Å². The van der Waals surface area contributed by atoms with Gasteiger partial charge in [0.1, 0.15) is 0 Å². The number of rotatable bonds is 6. The first-order chi connectivity index (χ1) is 13.3. The van der Waals surface area contributed by atoms with Crippen LogP contribution in [0.25, 0.3) is 0 Å². The molecule has 0 aliphatic carbocycles. The molecule has 28 heavy (non-hydrogen) atoms. The standard InChI is InChI=1S/C18H30N4O4S2/c1-4-28(24,25)22-7-5-15(6-8-22)17(23)20-18-19-16(12-27-18)11-21-9-13(2)26-14(3)10-21/h12-15H,4-11H2,1-3H3,(H,19,20,23). The number of piperidine rings is 1. The van der Waals surface area contributed by atoms with Crippen LogP contribution in [0.3, 0.4) is 0 Å². The first-order valence-corrected chi connectivity index (χ1v) is 12.4. The fraction of sp³-hybridized carbons (Fsp3) is 0.778. The van der Waals surface area contributed by atoms with Gasteiger partial charge in [-0.1, -0.05) is 0 Å². The summed E-state index contributed by atoms with van der Waals surface area (Å²) in [6.07, 6.45) is 1.52. The number of hydrogen-bond acceptors (Lipinski definition) is 7. The molecule has 1 N–H and O–H groups in total. The van der Waals surface area contributed by atoms with Crippen LogP contribution in [0, 0.1) is 5.92 Å². The van der Waals surface area contributed by atoms with Crippen LogP contribution in [0.2, 0.25) is 0 Å². The van der Waals surface area contributed by atoms with Crippen molar-refractivity contribution >= 4 is 32.4 Å². The molecule has 2 aliphatic rings. The molecule has 2 saturated heterocycles. The minimum absolute atomic E-state index is 0.0666.